The van der Waals surface area contributed by atoms with Crippen LogP contribution in [0.15, 0.2) is 6.07 Å². The summed E-state index contributed by atoms with van der Waals surface area (Å²) in [4.78, 5) is 13.0. The second kappa shape index (κ2) is 5.13. The number of fused-ring (bicyclic) bond motifs is 1. The number of thiophene rings is 1. The standard InChI is InChI=1S/C13H18N2O3S2/c1-20(17,18)15-10-4-5-11-9(6-10)7-12(19-11)14-13(16)8-2-3-8/h7-8,10,15H,2-6H2,1H3,(H,14,16). The van der Waals surface area contributed by atoms with Gasteiger partial charge in [0, 0.05) is 16.8 Å². The van der Waals surface area contributed by atoms with Gasteiger partial charge in [-0.15, -0.1) is 11.3 Å². The molecule has 1 atom stereocenters. The molecule has 0 bridgehead atoms. The number of rotatable bonds is 4. The minimum absolute atomic E-state index is 0.0286. The number of amides is 1. The highest BCUT2D eigenvalue weighted by molar-refractivity contribution is 7.88. The highest BCUT2D eigenvalue weighted by Crippen LogP contribution is 2.35. The van der Waals surface area contributed by atoms with Gasteiger partial charge in [0.2, 0.25) is 15.9 Å². The first-order valence-electron chi connectivity index (χ1n) is 6.80. The molecule has 0 spiro atoms. The summed E-state index contributed by atoms with van der Waals surface area (Å²) in [6, 6.07) is 1.97. The maximum atomic E-state index is 11.7. The monoisotopic (exact) mass is 314 g/mol. The molecule has 1 aromatic rings. The van der Waals surface area contributed by atoms with E-state index in [9.17, 15) is 13.2 Å². The molecule has 1 fully saturated rings. The lowest BCUT2D eigenvalue weighted by atomic mass is 9.95. The van der Waals surface area contributed by atoms with Gasteiger partial charge in [-0.25, -0.2) is 13.1 Å². The zero-order valence-electron chi connectivity index (χ0n) is 11.3. The molecule has 1 saturated carbocycles. The lowest BCUT2D eigenvalue weighted by Crippen LogP contribution is -2.37. The van der Waals surface area contributed by atoms with Crippen LogP contribution in [0.1, 0.15) is 29.7 Å². The third kappa shape index (κ3) is 3.39. The Kier molecular flexibility index (Phi) is 3.60. The number of nitrogens with one attached hydrogen (secondary N) is 2. The normalized spacial score (nSPS) is 22.4. The zero-order valence-corrected chi connectivity index (χ0v) is 12.9. The van der Waals surface area contributed by atoms with Crippen LogP contribution >= 0.6 is 11.3 Å². The first-order valence-corrected chi connectivity index (χ1v) is 9.51. The van der Waals surface area contributed by atoms with E-state index in [0.717, 1.165) is 36.2 Å². The number of anilines is 1. The molecule has 20 heavy (non-hydrogen) atoms. The molecule has 2 aliphatic carbocycles. The van der Waals surface area contributed by atoms with E-state index in [2.05, 4.69) is 10.0 Å². The smallest absolute Gasteiger partial charge is 0.228 e. The van der Waals surface area contributed by atoms with Gasteiger partial charge in [-0.1, -0.05) is 0 Å². The number of aryl methyl sites for hydroxylation is 1. The fourth-order valence-electron chi connectivity index (χ4n) is 2.56. The van der Waals surface area contributed by atoms with E-state index in [1.807, 2.05) is 6.07 Å². The summed E-state index contributed by atoms with van der Waals surface area (Å²) in [5.41, 5.74) is 1.16. The molecule has 1 aromatic heterocycles. The number of hydrogen-bond donors (Lipinski definition) is 2. The van der Waals surface area contributed by atoms with Crippen molar-refractivity contribution in [3.8, 4) is 0 Å². The Hall–Kier alpha value is -0.920. The SMILES string of the molecule is CS(=O)(=O)NC1CCc2sc(NC(=O)C3CC3)cc2C1. The molecule has 3 rings (SSSR count). The van der Waals surface area contributed by atoms with Gasteiger partial charge in [-0.3, -0.25) is 4.79 Å². The maximum Gasteiger partial charge on any atom is 0.228 e. The third-order valence-electron chi connectivity index (χ3n) is 3.66. The summed E-state index contributed by atoms with van der Waals surface area (Å²) in [5, 5.41) is 3.86. The number of hydrogen-bond acceptors (Lipinski definition) is 4. The largest absolute Gasteiger partial charge is 0.317 e. The van der Waals surface area contributed by atoms with E-state index in [4.69, 9.17) is 0 Å². The van der Waals surface area contributed by atoms with Gasteiger partial charge < -0.3 is 5.32 Å². The molecule has 1 amide bonds. The molecule has 2 aliphatic rings. The van der Waals surface area contributed by atoms with Crippen LogP contribution in [0.4, 0.5) is 5.00 Å². The fourth-order valence-corrected chi connectivity index (χ4v) is 4.48. The van der Waals surface area contributed by atoms with Crippen LogP contribution in [0, 0.1) is 5.92 Å². The minimum Gasteiger partial charge on any atom is -0.317 e. The Labute approximate surface area is 122 Å². The molecule has 5 nitrogen and oxygen atoms in total. The van der Waals surface area contributed by atoms with Crippen molar-refractivity contribution in [1.29, 1.82) is 0 Å². The Morgan fingerprint density at radius 2 is 2.10 bits per heavy atom. The van der Waals surface area contributed by atoms with Gasteiger partial charge in [0.25, 0.3) is 0 Å². The Bertz CT molecular complexity index is 632. The first-order chi connectivity index (χ1) is 9.40. The summed E-state index contributed by atoms with van der Waals surface area (Å²) >= 11 is 1.62. The van der Waals surface area contributed by atoms with Crippen LogP contribution < -0.4 is 10.0 Å². The molecule has 1 unspecified atom stereocenters. The van der Waals surface area contributed by atoms with Crippen LogP contribution in [0.3, 0.4) is 0 Å². The molecular formula is C13H18N2O3S2. The molecule has 1 heterocycles. The van der Waals surface area contributed by atoms with Gasteiger partial charge in [-0.05, 0) is 43.7 Å². The lowest BCUT2D eigenvalue weighted by Gasteiger charge is -2.21. The number of carbonyl (C=O) groups excluding carboxylic acids is 1. The van der Waals surface area contributed by atoms with Crippen molar-refractivity contribution < 1.29 is 13.2 Å². The average Bonchev–Trinajstić information content (AvgIpc) is 3.09. The molecule has 0 aliphatic heterocycles. The number of carbonyl (C=O) groups is 1. The Balaban J connectivity index is 1.67. The van der Waals surface area contributed by atoms with E-state index in [0.29, 0.717) is 6.42 Å². The van der Waals surface area contributed by atoms with Gasteiger partial charge >= 0.3 is 0 Å². The van der Waals surface area contributed by atoms with E-state index in [1.54, 1.807) is 11.3 Å². The quantitative estimate of drug-likeness (QED) is 0.884. The molecule has 110 valence electrons. The molecule has 0 aromatic carbocycles. The summed E-state index contributed by atoms with van der Waals surface area (Å²) in [6.45, 7) is 0. The second-order valence-corrected chi connectivity index (χ2v) is 8.57. The summed E-state index contributed by atoms with van der Waals surface area (Å²) < 4.78 is 25.2. The second-order valence-electron chi connectivity index (χ2n) is 5.65. The summed E-state index contributed by atoms with van der Waals surface area (Å²) in [5.74, 6) is 0.322. The molecule has 0 radical (unpaired) electrons. The predicted octanol–water partition coefficient (Wildman–Crippen LogP) is 1.50. The molecule has 0 saturated heterocycles. The van der Waals surface area contributed by atoms with Crippen molar-refractivity contribution in [2.45, 2.75) is 38.1 Å². The minimum atomic E-state index is -3.16. The van der Waals surface area contributed by atoms with E-state index < -0.39 is 10.0 Å². The summed E-state index contributed by atoms with van der Waals surface area (Å²) in [7, 11) is -3.16. The van der Waals surface area contributed by atoms with Gasteiger partial charge in [0.1, 0.15) is 0 Å². The first kappa shape index (κ1) is 14.0. The van der Waals surface area contributed by atoms with Crippen LogP contribution in [0.2, 0.25) is 0 Å². The highest BCUT2D eigenvalue weighted by atomic mass is 32.2. The van der Waals surface area contributed by atoms with Crippen molar-refractivity contribution in [2.75, 3.05) is 11.6 Å². The third-order valence-corrected chi connectivity index (χ3v) is 5.57. The van der Waals surface area contributed by atoms with Crippen LogP contribution in [-0.2, 0) is 27.7 Å². The average molecular weight is 314 g/mol. The van der Waals surface area contributed by atoms with Gasteiger partial charge in [0.05, 0.1) is 11.3 Å². The van der Waals surface area contributed by atoms with E-state index >= 15 is 0 Å². The fraction of sp³-hybridized carbons (Fsp3) is 0.615. The Morgan fingerprint density at radius 1 is 1.35 bits per heavy atom. The van der Waals surface area contributed by atoms with Crippen molar-refractivity contribution >= 4 is 32.3 Å². The predicted molar refractivity (Wildman–Crippen MR) is 79.5 cm³/mol. The van der Waals surface area contributed by atoms with Gasteiger partial charge in [-0.2, -0.15) is 0 Å². The van der Waals surface area contributed by atoms with Gasteiger partial charge in [0.15, 0.2) is 0 Å². The molecular weight excluding hydrogens is 296 g/mol. The van der Waals surface area contributed by atoms with Crippen LogP contribution in [0.5, 0.6) is 0 Å². The maximum absolute atomic E-state index is 11.7. The van der Waals surface area contributed by atoms with Crippen molar-refractivity contribution in [3.63, 3.8) is 0 Å². The zero-order chi connectivity index (χ0) is 14.3. The highest BCUT2D eigenvalue weighted by Gasteiger charge is 2.30. The number of sulfonamides is 1. The van der Waals surface area contributed by atoms with Crippen molar-refractivity contribution in [1.82, 2.24) is 4.72 Å². The van der Waals surface area contributed by atoms with Crippen LogP contribution in [-0.4, -0.2) is 26.6 Å². The van der Waals surface area contributed by atoms with Crippen LogP contribution in [0.25, 0.3) is 0 Å². The lowest BCUT2D eigenvalue weighted by molar-refractivity contribution is -0.117. The molecule has 2 N–H and O–H groups in total. The van der Waals surface area contributed by atoms with E-state index in [-0.39, 0.29) is 17.9 Å². The van der Waals surface area contributed by atoms with Crippen molar-refractivity contribution in [2.24, 2.45) is 5.92 Å². The van der Waals surface area contributed by atoms with E-state index in [1.165, 1.54) is 11.1 Å². The summed E-state index contributed by atoms with van der Waals surface area (Å²) in [6.07, 6.45) is 5.58. The molecule has 7 heteroatoms. The Morgan fingerprint density at radius 3 is 2.75 bits per heavy atom. The van der Waals surface area contributed by atoms with Crippen molar-refractivity contribution in [3.05, 3.63) is 16.5 Å². The topological polar surface area (TPSA) is 75.3 Å².